The monoisotopic (exact) mass is 227 g/mol. The Hall–Kier alpha value is -1.17. The van der Waals surface area contributed by atoms with Crippen molar-refractivity contribution in [3.8, 4) is 5.88 Å². The molecule has 1 aliphatic rings. The lowest BCUT2D eigenvalue weighted by molar-refractivity contribution is 0.397. The van der Waals surface area contributed by atoms with E-state index in [2.05, 4.69) is 14.9 Å². The molecule has 1 saturated heterocycles. The molecule has 0 bridgehead atoms. The smallest absolute Gasteiger partial charge is 0.218 e. The zero-order valence-electron chi connectivity index (χ0n) is 8.55. The summed E-state index contributed by atoms with van der Waals surface area (Å²) in [5.74, 6) is 2.84. The van der Waals surface area contributed by atoms with E-state index >= 15 is 0 Å². The molecule has 0 radical (unpaired) electrons. The van der Waals surface area contributed by atoms with Crippen molar-refractivity contribution in [1.29, 1.82) is 0 Å². The minimum atomic E-state index is -0.658. The molecule has 0 N–H and O–H groups in total. The summed E-state index contributed by atoms with van der Waals surface area (Å²) in [5.41, 5.74) is 0. The molecule has 2 rings (SSSR count). The van der Waals surface area contributed by atoms with E-state index in [0.29, 0.717) is 17.4 Å². The fraction of sp³-hybridized carbons (Fsp3) is 0.556. The van der Waals surface area contributed by atoms with Gasteiger partial charge in [0.25, 0.3) is 0 Å². The third-order valence-corrected chi connectivity index (χ3v) is 3.61. The Morgan fingerprint density at radius 3 is 2.80 bits per heavy atom. The lowest BCUT2D eigenvalue weighted by Crippen LogP contribution is -2.38. The summed E-state index contributed by atoms with van der Waals surface area (Å²) in [6.07, 6.45) is 1.49. The second-order valence-electron chi connectivity index (χ2n) is 3.25. The van der Waals surface area contributed by atoms with Crippen molar-refractivity contribution in [2.24, 2.45) is 0 Å². The van der Waals surface area contributed by atoms with Crippen LogP contribution < -0.4 is 9.64 Å². The molecule has 0 aromatic carbocycles. The molecule has 1 aromatic rings. The normalized spacial score (nSPS) is 17.8. The zero-order chi connectivity index (χ0) is 10.7. The second kappa shape index (κ2) is 4.57. The van der Waals surface area contributed by atoms with Crippen molar-refractivity contribution in [2.45, 2.75) is 0 Å². The summed E-state index contributed by atoms with van der Waals surface area (Å²) >= 11 is 0. The highest BCUT2D eigenvalue weighted by Gasteiger charge is 2.16. The number of anilines is 1. The highest BCUT2D eigenvalue weighted by molar-refractivity contribution is 7.85. The van der Waals surface area contributed by atoms with Gasteiger partial charge < -0.3 is 9.64 Å². The number of nitrogens with zero attached hydrogens (tertiary/aromatic N) is 3. The third-order valence-electron chi connectivity index (χ3n) is 2.34. The first-order valence-corrected chi connectivity index (χ1v) is 6.24. The summed E-state index contributed by atoms with van der Waals surface area (Å²) in [4.78, 5) is 10.2. The Morgan fingerprint density at radius 2 is 2.13 bits per heavy atom. The van der Waals surface area contributed by atoms with E-state index in [1.165, 1.54) is 6.33 Å². The van der Waals surface area contributed by atoms with Crippen molar-refractivity contribution >= 4 is 16.6 Å². The highest BCUT2D eigenvalue weighted by atomic mass is 32.2. The lowest BCUT2D eigenvalue weighted by atomic mass is 10.4. The van der Waals surface area contributed by atoms with E-state index in [4.69, 9.17) is 4.74 Å². The van der Waals surface area contributed by atoms with Crippen molar-refractivity contribution in [2.75, 3.05) is 36.6 Å². The predicted octanol–water partition coefficient (Wildman–Crippen LogP) is 0.0539. The number of hydrogen-bond acceptors (Lipinski definition) is 5. The lowest BCUT2D eigenvalue weighted by Gasteiger charge is -2.27. The molecule has 0 amide bonds. The van der Waals surface area contributed by atoms with Crippen LogP contribution in [0.2, 0.25) is 0 Å². The molecule has 5 nitrogen and oxygen atoms in total. The Bertz CT molecular complexity index is 362. The van der Waals surface area contributed by atoms with Gasteiger partial charge in [-0.2, -0.15) is 0 Å². The summed E-state index contributed by atoms with van der Waals surface area (Å²) < 4.78 is 16.2. The van der Waals surface area contributed by atoms with Gasteiger partial charge in [0.2, 0.25) is 5.88 Å². The van der Waals surface area contributed by atoms with Gasteiger partial charge in [0, 0.05) is 41.5 Å². The molecule has 6 heteroatoms. The molecule has 0 saturated carbocycles. The van der Waals surface area contributed by atoms with Gasteiger partial charge in [-0.05, 0) is 0 Å². The first kappa shape index (κ1) is 10.4. The Labute approximate surface area is 90.9 Å². The molecule has 1 fully saturated rings. The minimum Gasteiger partial charge on any atom is -0.481 e. The van der Waals surface area contributed by atoms with Gasteiger partial charge in [-0.25, -0.2) is 9.97 Å². The van der Waals surface area contributed by atoms with Gasteiger partial charge in [-0.15, -0.1) is 0 Å². The van der Waals surface area contributed by atoms with Gasteiger partial charge in [0.15, 0.2) is 0 Å². The topological polar surface area (TPSA) is 55.3 Å². The summed E-state index contributed by atoms with van der Waals surface area (Å²) in [6, 6.07) is 1.80. The predicted molar refractivity (Wildman–Crippen MR) is 58.7 cm³/mol. The molecule has 0 aliphatic carbocycles. The number of rotatable bonds is 2. The SMILES string of the molecule is COc1cc(N2CCS(=O)CC2)ncn1. The van der Waals surface area contributed by atoms with Crippen LogP contribution in [0.1, 0.15) is 0 Å². The van der Waals surface area contributed by atoms with E-state index in [0.717, 1.165) is 18.9 Å². The van der Waals surface area contributed by atoms with Gasteiger partial charge >= 0.3 is 0 Å². The maximum absolute atomic E-state index is 11.2. The summed E-state index contributed by atoms with van der Waals surface area (Å²) in [5, 5.41) is 0. The molecular weight excluding hydrogens is 214 g/mol. The number of hydrogen-bond donors (Lipinski definition) is 0. The molecule has 0 unspecified atom stereocenters. The maximum atomic E-state index is 11.2. The zero-order valence-corrected chi connectivity index (χ0v) is 9.37. The maximum Gasteiger partial charge on any atom is 0.218 e. The molecule has 15 heavy (non-hydrogen) atoms. The average Bonchev–Trinajstić information content (AvgIpc) is 2.30. The third kappa shape index (κ3) is 2.44. The van der Waals surface area contributed by atoms with Crippen LogP contribution in [0.3, 0.4) is 0 Å². The van der Waals surface area contributed by atoms with Crippen LogP contribution in [0.25, 0.3) is 0 Å². The van der Waals surface area contributed by atoms with E-state index < -0.39 is 10.8 Å². The number of ether oxygens (including phenoxy) is 1. The van der Waals surface area contributed by atoms with Gasteiger partial charge in [-0.3, -0.25) is 4.21 Å². The van der Waals surface area contributed by atoms with Crippen molar-refractivity contribution in [3.05, 3.63) is 12.4 Å². The quantitative estimate of drug-likeness (QED) is 0.715. The number of aromatic nitrogens is 2. The van der Waals surface area contributed by atoms with Crippen LogP contribution in [0.4, 0.5) is 5.82 Å². The van der Waals surface area contributed by atoms with Crippen LogP contribution >= 0.6 is 0 Å². The van der Waals surface area contributed by atoms with Crippen LogP contribution in [0.5, 0.6) is 5.88 Å². The molecule has 0 spiro atoms. The minimum absolute atomic E-state index is 0.562. The Kier molecular flexibility index (Phi) is 3.15. The van der Waals surface area contributed by atoms with Crippen LogP contribution in [0.15, 0.2) is 12.4 Å². The molecule has 0 atom stereocenters. The van der Waals surface area contributed by atoms with Crippen LogP contribution in [-0.4, -0.2) is 45.9 Å². The van der Waals surface area contributed by atoms with Crippen LogP contribution in [0, 0.1) is 0 Å². The van der Waals surface area contributed by atoms with Gasteiger partial charge in [-0.1, -0.05) is 0 Å². The molecule has 1 aliphatic heterocycles. The van der Waals surface area contributed by atoms with Gasteiger partial charge in [0.05, 0.1) is 7.11 Å². The average molecular weight is 227 g/mol. The second-order valence-corrected chi connectivity index (χ2v) is 4.95. The fourth-order valence-corrected chi connectivity index (χ4v) is 2.53. The first-order valence-electron chi connectivity index (χ1n) is 4.75. The first-order chi connectivity index (χ1) is 7.29. The number of methoxy groups -OCH3 is 1. The van der Waals surface area contributed by atoms with E-state index in [9.17, 15) is 4.21 Å². The van der Waals surface area contributed by atoms with E-state index in [1.807, 2.05) is 0 Å². The standard InChI is InChI=1S/C9H13N3O2S/c1-14-9-6-8(10-7-11-9)12-2-4-15(13)5-3-12/h6-7H,2-5H2,1H3. The Balaban J connectivity index is 2.11. The summed E-state index contributed by atoms with van der Waals surface area (Å²) in [6.45, 7) is 1.57. The van der Waals surface area contributed by atoms with Gasteiger partial charge in [0.1, 0.15) is 12.1 Å². The van der Waals surface area contributed by atoms with Crippen molar-refractivity contribution in [1.82, 2.24) is 9.97 Å². The van der Waals surface area contributed by atoms with Crippen molar-refractivity contribution < 1.29 is 8.95 Å². The van der Waals surface area contributed by atoms with Crippen LogP contribution in [-0.2, 0) is 10.8 Å². The van der Waals surface area contributed by atoms with E-state index in [1.54, 1.807) is 13.2 Å². The molecule has 82 valence electrons. The van der Waals surface area contributed by atoms with Crippen molar-refractivity contribution in [3.63, 3.8) is 0 Å². The largest absolute Gasteiger partial charge is 0.481 e. The molecular formula is C9H13N3O2S. The Morgan fingerprint density at radius 1 is 1.40 bits per heavy atom. The summed E-state index contributed by atoms with van der Waals surface area (Å²) in [7, 11) is 0.923. The fourth-order valence-electron chi connectivity index (χ4n) is 1.48. The van der Waals surface area contributed by atoms with E-state index in [-0.39, 0.29) is 0 Å². The highest BCUT2D eigenvalue weighted by Crippen LogP contribution is 2.16. The molecule has 1 aromatic heterocycles. The molecule has 2 heterocycles.